The first-order valence-corrected chi connectivity index (χ1v) is 6.04. The van der Waals surface area contributed by atoms with Crippen molar-refractivity contribution >= 4 is 0 Å². The van der Waals surface area contributed by atoms with Crippen LogP contribution >= 0.6 is 0 Å². The van der Waals surface area contributed by atoms with Crippen LogP contribution in [0, 0.1) is 0 Å². The lowest BCUT2D eigenvalue weighted by atomic mass is 10.3. The van der Waals surface area contributed by atoms with Crippen molar-refractivity contribution in [3.8, 4) is 0 Å². The monoisotopic (exact) mass is 241 g/mol. The standard InChI is InChI=1S/C12H23N3O2/c1-11(2)13-10-12-4-5-14-15(12)6-7-17-9-8-16-3/h4-5,11,13H,6-10H2,1-3H3. The molecule has 0 bridgehead atoms. The third-order valence-corrected chi connectivity index (χ3v) is 2.38. The summed E-state index contributed by atoms with van der Waals surface area (Å²) >= 11 is 0. The van der Waals surface area contributed by atoms with Crippen LogP contribution in [0.3, 0.4) is 0 Å². The molecule has 5 nitrogen and oxygen atoms in total. The fraction of sp³-hybridized carbons (Fsp3) is 0.750. The van der Waals surface area contributed by atoms with Crippen molar-refractivity contribution in [2.75, 3.05) is 26.9 Å². The average molecular weight is 241 g/mol. The topological polar surface area (TPSA) is 48.3 Å². The van der Waals surface area contributed by atoms with E-state index in [0.29, 0.717) is 25.9 Å². The van der Waals surface area contributed by atoms with Crippen LogP contribution in [-0.4, -0.2) is 42.8 Å². The molecule has 0 aliphatic rings. The number of aromatic nitrogens is 2. The Morgan fingerprint density at radius 3 is 2.88 bits per heavy atom. The summed E-state index contributed by atoms with van der Waals surface area (Å²) in [5.74, 6) is 0. The molecule has 0 spiro atoms. The molecule has 0 saturated heterocycles. The van der Waals surface area contributed by atoms with Crippen LogP contribution < -0.4 is 5.32 Å². The molecule has 1 heterocycles. The average Bonchev–Trinajstić information content (AvgIpc) is 2.73. The molecular formula is C12H23N3O2. The first-order chi connectivity index (χ1) is 8.24. The summed E-state index contributed by atoms with van der Waals surface area (Å²) in [5.41, 5.74) is 1.19. The molecule has 0 atom stereocenters. The minimum absolute atomic E-state index is 0.483. The van der Waals surface area contributed by atoms with Gasteiger partial charge in [0.1, 0.15) is 0 Å². The highest BCUT2D eigenvalue weighted by molar-refractivity contribution is 5.00. The molecule has 1 aromatic rings. The minimum atomic E-state index is 0.483. The van der Waals surface area contributed by atoms with Gasteiger partial charge in [0, 0.05) is 25.9 Å². The van der Waals surface area contributed by atoms with Crippen molar-refractivity contribution in [1.82, 2.24) is 15.1 Å². The van der Waals surface area contributed by atoms with Crippen LogP contribution in [0.1, 0.15) is 19.5 Å². The predicted molar refractivity (Wildman–Crippen MR) is 66.9 cm³/mol. The van der Waals surface area contributed by atoms with Crippen LogP contribution in [0.25, 0.3) is 0 Å². The number of nitrogens with one attached hydrogen (secondary N) is 1. The summed E-state index contributed by atoms with van der Waals surface area (Å²) in [4.78, 5) is 0. The maximum Gasteiger partial charge on any atom is 0.0701 e. The zero-order chi connectivity index (χ0) is 12.5. The fourth-order valence-corrected chi connectivity index (χ4v) is 1.42. The van der Waals surface area contributed by atoms with Crippen molar-refractivity contribution in [2.45, 2.75) is 33.0 Å². The molecule has 0 aliphatic carbocycles. The molecule has 1 aromatic heterocycles. The van der Waals surface area contributed by atoms with E-state index >= 15 is 0 Å². The Morgan fingerprint density at radius 1 is 1.35 bits per heavy atom. The van der Waals surface area contributed by atoms with Gasteiger partial charge in [0.25, 0.3) is 0 Å². The van der Waals surface area contributed by atoms with E-state index in [1.54, 1.807) is 7.11 Å². The van der Waals surface area contributed by atoms with Crippen molar-refractivity contribution in [2.24, 2.45) is 0 Å². The van der Waals surface area contributed by atoms with E-state index in [2.05, 4.69) is 24.3 Å². The summed E-state index contributed by atoms with van der Waals surface area (Å²) in [6.45, 7) is 7.84. The third kappa shape index (κ3) is 5.81. The maximum atomic E-state index is 5.42. The molecule has 0 unspecified atom stereocenters. The number of nitrogens with zero attached hydrogens (tertiary/aromatic N) is 2. The van der Waals surface area contributed by atoms with Gasteiger partial charge in [-0.2, -0.15) is 5.10 Å². The molecule has 17 heavy (non-hydrogen) atoms. The Labute approximate surface area is 103 Å². The van der Waals surface area contributed by atoms with Crippen molar-refractivity contribution in [3.05, 3.63) is 18.0 Å². The summed E-state index contributed by atoms with van der Waals surface area (Å²) in [6.07, 6.45) is 1.83. The molecule has 98 valence electrons. The molecule has 0 saturated carbocycles. The highest BCUT2D eigenvalue weighted by atomic mass is 16.5. The summed E-state index contributed by atoms with van der Waals surface area (Å²) in [7, 11) is 1.67. The lowest BCUT2D eigenvalue weighted by Gasteiger charge is -2.11. The van der Waals surface area contributed by atoms with Crippen LogP contribution in [0.2, 0.25) is 0 Å². The maximum absolute atomic E-state index is 5.42. The first kappa shape index (κ1) is 14.2. The van der Waals surface area contributed by atoms with Crippen LogP contribution in [0.15, 0.2) is 12.3 Å². The normalized spacial score (nSPS) is 11.3. The lowest BCUT2D eigenvalue weighted by molar-refractivity contribution is 0.0650. The number of hydrogen-bond acceptors (Lipinski definition) is 4. The van der Waals surface area contributed by atoms with Crippen LogP contribution in [0.5, 0.6) is 0 Å². The minimum Gasteiger partial charge on any atom is -0.382 e. The van der Waals surface area contributed by atoms with Gasteiger partial charge in [0.2, 0.25) is 0 Å². The summed E-state index contributed by atoms with van der Waals surface area (Å²) in [6, 6.07) is 2.51. The Kier molecular flexibility index (Phi) is 6.84. The largest absolute Gasteiger partial charge is 0.382 e. The van der Waals surface area contributed by atoms with Gasteiger partial charge in [-0.1, -0.05) is 13.8 Å². The first-order valence-electron chi connectivity index (χ1n) is 6.04. The van der Waals surface area contributed by atoms with E-state index < -0.39 is 0 Å². The van der Waals surface area contributed by atoms with Gasteiger partial charge < -0.3 is 14.8 Å². The van der Waals surface area contributed by atoms with E-state index in [0.717, 1.165) is 13.1 Å². The molecule has 0 fully saturated rings. The van der Waals surface area contributed by atoms with Gasteiger partial charge in [-0.05, 0) is 6.07 Å². The number of hydrogen-bond donors (Lipinski definition) is 1. The SMILES string of the molecule is COCCOCCn1nccc1CNC(C)C. The zero-order valence-corrected chi connectivity index (χ0v) is 11.0. The van der Waals surface area contributed by atoms with E-state index in [1.165, 1.54) is 5.69 Å². The molecule has 0 aromatic carbocycles. The van der Waals surface area contributed by atoms with E-state index in [-0.39, 0.29) is 0 Å². The second-order valence-corrected chi connectivity index (χ2v) is 4.19. The highest BCUT2D eigenvalue weighted by Crippen LogP contribution is 1.99. The molecular weight excluding hydrogens is 218 g/mol. The molecule has 0 radical (unpaired) electrons. The molecule has 1 rings (SSSR count). The number of rotatable bonds is 9. The Hall–Kier alpha value is -0.910. The van der Waals surface area contributed by atoms with Gasteiger partial charge in [-0.3, -0.25) is 4.68 Å². The molecule has 0 aliphatic heterocycles. The Balaban J connectivity index is 2.25. The van der Waals surface area contributed by atoms with E-state index in [1.807, 2.05) is 16.9 Å². The fourth-order valence-electron chi connectivity index (χ4n) is 1.42. The Bertz CT molecular complexity index is 300. The summed E-state index contributed by atoms with van der Waals surface area (Å²) in [5, 5.41) is 7.65. The zero-order valence-electron chi connectivity index (χ0n) is 11.0. The van der Waals surface area contributed by atoms with Gasteiger partial charge in [0.05, 0.1) is 32.1 Å². The number of ether oxygens (including phenoxy) is 2. The van der Waals surface area contributed by atoms with Crippen molar-refractivity contribution < 1.29 is 9.47 Å². The van der Waals surface area contributed by atoms with Crippen molar-refractivity contribution in [1.29, 1.82) is 0 Å². The van der Waals surface area contributed by atoms with E-state index in [4.69, 9.17) is 9.47 Å². The van der Waals surface area contributed by atoms with Gasteiger partial charge in [0.15, 0.2) is 0 Å². The van der Waals surface area contributed by atoms with E-state index in [9.17, 15) is 0 Å². The predicted octanol–water partition coefficient (Wildman–Crippen LogP) is 1.04. The van der Waals surface area contributed by atoms with Crippen molar-refractivity contribution in [3.63, 3.8) is 0 Å². The lowest BCUT2D eigenvalue weighted by Crippen LogP contribution is -2.24. The van der Waals surface area contributed by atoms with Gasteiger partial charge >= 0.3 is 0 Å². The summed E-state index contributed by atoms with van der Waals surface area (Å²) < 4.78 is 12.3. The van der Waals surface area contributed by atoms with Crippen LogP contribution in [-0.2, 0) is 22.6 Å². The highest BCUT2D eigenvalue weighted by Gasteiger charge is 2.02. The number of methoxy groups -OCH3 is 1. The quantitative estimate of drug-likeness (QED) is 0.656. The smallest absolute Gasteiger partial charge is 0.0701 e. The second-order valence-electron chi connectivity index (χ2n) is 4.19. The second kappa shape index (κ2) is 8.22. The van der Waals surface area contributed by atoms with Gasteiger partial charge in [-0.15, -0.1) is 0 Å². The molecule has 5 heteroatoms. The third-order valence-electron chi connectivity index (χ3n) is 2.38. The van der Waals surface area contributed by atoms with Crippen LogP contribution in [0.4, 0.5) is 0 Å². The Morgan fingerprint density at radius 2 is 2.18 bits per heavy atom. The molecule has 0 amide bonds. The molecule has 1 N–H and O–H groups in total. The van der Waals surface area contributed by atoms with Gasteiger partial charge in [-0.25, -0.2) is 0 Å².